The van der Waals surface area contributed by atoms with Crippen molar-refractivity contribution in [3.8, 4) is 0 Å². The fourth-order valence-electron chi connectivity index (χ4n) is 1.55. The topological polar surface area (TPSA) is 58.2 Å². The van der Waals surface area contributed by atoms with Crippen LogP contribution in [0.1, 0.15) is 38.3 Å². The number of rotatable bonds is 5. The summed E-state index contributed by atoms with van der Waals surface area (Å²) >= 11 is 0. The van der Waals surface area contributed by atoms with Crippen LogP contribution >= 0.6 is 0 Å². The lowest BCUT2D eigenvalue weighted by molar-refractivity contribution is -0.139. The molecule has 0 saturated carbocycles. The Morgan fingerprint density at radius 3 is 2.44 bits per heavy atom. The normalized spacial score (nSPS) is 11.7. The number of nitrogens with one attached hydrogen (secondary N) is 2. The van der Waals surface area contributed by atoms with Crippen molar-refractivity contribution in [3.63, 3.8) is 0 Å². The van der Waals surface area contributed by atoms with Crippen LogP contribution in [0.2, 0.25) is 0 Å². The van der Waals surface area contributed by atoms with Crippen LogP contribution in [-0.2, 0) is 9.59 Å². The first kappa shape index (κ1) is 14.2. The second kappa shape index (κ2) is 7.48. The highest BCUT2D eigenvalue weighted by Crippen LogP contribution is 2.10. The molecule has 0 bridgehead atoms. The summed E-state index contributed by atoms with van der Waals surface area (Å²) < 4.78 is 0. The van der Waals surface area contributed by atoms with Crippen LogP contribution in [0.5, 0.6) is 0 Å². The van der Waals surface area contributed by atoms with Gasteiger partial charge in [0.05, 0.1) is 6.04 Å². The Kier molecular flexibility index (Phi) is 5.91. The lowest BCUT2D eigenvalue weighted by Gasteiger charge is -2.13. The van der Waals surface area contributed by atoms with E-state index < -0.39 is 11.8 Å². The van der Waals surface area contributed by atoms with Crippen LogP contribution in [0.4, 0.5) is 0 Å². The Morgan fingerprint density at radius 1 is 1.17 bits per heavy atom. The van der Waals surface area contributed by atoms with E-state index in [1.165, 1.54) is 0 Å². The maximum absolute atomic E-state index is 11.6. The fourth-order valence-corrected chi connectivity index (χ4v) is 1.55. The second-order valence-corrected chi connectivity index (χ2v) is 4.22. The number of carbonyl (C=O) groups excluding carboxylic acids is 2. The molecule has 98 valence electrons. The van der Waals surface area contributed by atoms with Gasteiger partial charge in [0, 0.05) is 6.54 Å². The van der Waals surface area contributed by atoms with E-state index >= 15 is 0 Å². The molecule has 0 radical (unpaired) electrons. The highest BCUT2D eigenvalue weighted by Gasteiger charge is 2.15. The Labute approximate surface area is 108 Å². The van der Waals surface area contributed by atoms with Crippen LogP contribution in [0, 0.1) is 0 Å². The molecule has 4 nitrogen and oxygen atoms in total. The van der Waals surface area contributed by atoms with E-state index in [4.69, 9.17) is 0 Å². The summed E-state index contributed by atoms with van der Waals surface area (Å²) in [6.45, 7) is 4.43. The van der Waals surface area contributed by atoms with Gasteiger partial charge in [-0.05, 0) is 18.9 Å². The Bertz CT molecular complexity index is 390. The molecule has 4 heteroatoms. The van der Waals surface area contributed by atoms with E-state index in [0.717, 1.165) is 18.4 Å². The van der Waals surface area contributed by atoms with Crippen LogP contribution in [-0.4, -0.2) is 18.4 Å². The molecular formula is C14H20N2O2. The molecule has 2 N–H and O–H groups in total. The Morgan fingerprint density at radius 2 is 1.83 bits per heavy atom. The van der Waals surface area contributed by atoms with Crippen molar-refractivity contribution in [3.05, 3.63) is 35.9 Å². The quantitative estimate of drug-likeness (QED) is 0.616. The van der Waals surface area contributed by atoms with E-state index in [1.54, 1.807) is 0 Å². The molecule has 0 aliphatic carbocycles. The summed E-state index contributed by atoms with van der Waals surface area (Å²) in [5.41, 5.74) is 0.979. The molecule has 1 aromatic rings. The predicted octanol–water partition coefficient (Wildman–Crippen LogP) is 1.78. The molecule has 18 heavy (non-hydrogen) atoms. The Hall–Kier alpha value is -1.84. The zero-order chi connectivity index (χ0) is 13.4. The number of hydrogen-bond acceptors (Lipinski definition) is 2. The van der Waals surface area contributed by atoms with Gasteiger partial charge < -0.3 is 10.6 Å². The molecule has 0 spiro atoms. The van der Waals surface area contributed by atoms with Gasteiger partial charge in [-0.25, -0.2) is 0 Å². The van der Waals surface area contributed by atoms with Crippen molar-refractivity contribution < 1.29 is 9.59 Å². The van der Waals surface area contributed by atoms with Gasteiger partial charge in [0.1, 0.15) is 0 Å². The van der Waals surface area contributed by atoms with Crippen LogP contribution in [0.3, 0.4) is 0 Å². The largest absolute Gasteiger partial charge is 0.348 e. The van der Waals surface area contributed by atoms with Gasteiger partial charge in [-0.2, -0.15) is 0 Å². The first-order valence-electron chi connectivity index (χ1n) is 6.28. The maximum atomic E-state index is 11.6. The van der Waals surface area contributed by atoms with Crippen LogP contribution < -0.4 is 10.6 Å². The molecule has 1 rings (SSSR count). The van der Waals surface area contributed by atoms with Gasteiger partial charge in [-0.3, -0.25) is 9.59 Å². The third kappa shape index (κ3) is 4.57. The minimum absolute atomic E-state index is 0.171. The summed E-state index contributed by atoms with van der Waals surface area (Å²) in [7, 11) is 0. The van der Waals surface area contributed by atoms with E-state index in [2.05, 4.69) is 10.6 Å². The second-order valence-electron chi connectivity index (χ2n) is 4.22. The number of carbonyl (C=O) groups is 2. The minimum Gasteiger partial charge on any atom is -0.348 e. The van der Waals surface area contributed by atoms with Crippen molar-refractivity contribution in [2.75, 3.05) is 6.54 Å². The summed E-state index contributed by atoms with van der Waals surface area (Å²) in [6.07, 6.45) is 1.87. The van der Waals surface area contributed by atoms with E-state index in [-0.39, 0.29) is 6.04 Å². The molecule has 0 fully saturated rings. The van der Waals surface area contributed by atoms with Gasteiger partial charge in [-0.1, -0.05) is 43.7 Å². The molecule has 0 aromatic heterocycles. The van der Waals surface area contributed by atoms with Crippen molar-refractivity contribution in [1.82, 2.24) is 10.6 Å². The number of unbranched alkanes of at least 4 members (excludes halogenated alkanes) is 1. The van der Waals surface area contributed by atoms with Gasteiger partial charge in [0.15, 0.2) is 0 Å². The number of hydrogen-bond donors (Lipinski definition) is 2. The standard InChI is InChI=1S/C14H20N2O2/c1-3-4-10-15-13(17)14(18)16-11(2)12-8-6-5-7-9-12/h5-9,11H,3-4,10H2,1-2H3,(H,15,17)(H,16,18)/t11-/m1/s1. The third-order valence-electron chi connectivity index (χ3n) is 2.67. The summed E-state index contributed by atoms with van der Waals surface area (Å²) in [5.74, 6) is -1.14. The number of benzene rings is 1. The number of amides is 2. The SMILES string of the molecule is CCCCNC(=O)C(=O)N[C@H](C)c1ccccc1. The summed E-state index contributed by atoms with van der Waals surface area (Å²) in [6, 6.07) is 9.38. The monoisotopic (exact) mass is 248 g/mol. The highest BCUT2D eigenvalue weighted by atomic mass is 16.2. The Balaban J connectivity index is 2.42. The molecule has 1 aromatic carbocycles. The van der Waals surface area contributed by atoms with Crippen molar-refractivity contribution in [2.24, 2.45) is 0 Å². The highest BCUT2D eigenvalue weighted by molar-refractivity contribution is 6.35. The molecule has 0 unspecified atom stereocenters. The average molecular weight is 248 g/mol. The van der Waals surface area contributed by atoms with E-state index in [1.807, 2.05) is 44.2 Å². The van der Waals surface area contributed by atoms with Crippen LogP contribution in [0.25, 0.3) is 0 Å². The molecular weight excluding hydrogens is 228 g/mol. The smallest absolute Gasteiger partial charge is 0.309 e. The molecule has 0 saturated heterocycles. The molecule has 1 atom stereocenters. The molecule has 2 amide bonds. The van der Waals surface area contributed by atoms with Gasteiger partial charge >= 0.3 is 11.8 Å². The van der Waals surface area contributed by atoms with Gasteiger partial charge in [-0.15, -0.1) is 0 Å². The van der Waals surface area contributed by atoms with E-state index in [9.17, 15) is 9.59 Å². The van der Waals surface area contributed by atoms with Crippen LogP contribution in [0.15, 0.2) is 30.3 Å². The maximum Gasteiger partial charge on any atom is 0.309 e. The zero-order valence-electron chi connectivity index (χ0n) is 10.9. The minimum atomic E-state index is -0.581. The first-order valence-corrected chi connectivity index (χ1v) is 6.28. The average Bonchev–Trinajstić information content (AvgIpc) is 2.39. The van der Waals surface area contributed by atoms with Crippen molar-refractivity contribution in [1.29, 1.82) is 0 Å². The first-order chi connectivity index (χ1) is 8.65. The molecule has 0 aliphatic heterocycles. The van der Waals surface area contributed by atoms with Gasteiger partial charge in [0.2, 0.25) is 0 Å². The molecule has 0 aliphatic rings. The fraction of sp³-hybridized carbons (Fsp3) is 0.429. The summed E-state index contributed by atoms with van der Waals surface area (Å²) in [5, 5.41) is 5.26. The summed E-state index contributed by atoms with van der Waals surface area (Å²) in [4.78, 5) is 23.1. The molecule has 0 heterocycles. The van der Waals surface area contributed by atoms with Gasteiger partial charge in [0.25, 0.3) is 0 Å². The lowest BCUT2D eigenvalue weighted by Crippen LogP contribution is -2.41. The van der Waals surface area contributed by atoms with E-state index in [0.29, 0.717) is 6.54 Å². The third-order valence-corrected chi connectivity index (χ3v) is 2.67. The van der Waals surface area contributed by atoms with Crippen molar-refractivity contribution in [2.45, 2.75) is 32.7 Å². The van der Waals surface area contributed by atoms with Crippen molar-refractivity contribution >= 4 is 11.8 Å². The zero-order valence-corrected chi connectivity index (χ0v) is 10.9. The predicted molar refractivity (Wildman–Crippen MR) is 70.9 cm³/mol. The lowest BCUT2D eigenvalue weighted by atomic mass is 10.1.